The predicted molar refractivity (Wildman–Crippen MR) is 98.5 cm³/mol. The van der Waals surface area contributed by atoms with Crippen molar-refractivity contribution in [3.8, 4) is 0 Å². The lowest BCUT2D eigenvalue weighted by Crippen LogP contribution is -2.32. The minimum absolute atomic E-state index is 0.121. The highest BCUT2D eigenvalue weighted by molar-refractivity contribution is 6.30. The van der Waals surface area contributed by atoms with E-state index in [1.807, 2.05) is 24.3 Å². The maximum absolute atomic E-state index is 12.3. The fourth-order valence-electron chi connectivity index (χ4n) is 3.28. The predicted octanol–water partition coefficient (Wildman–Crippen LogP) is 3.38. The number of carbonyl (C=O) groups is 2. The molecule has 0 aliphatic heterocycles. The molecule has 144 valence electrons. The molecule has 2 aromatic rings. The molecule has 1 heterocycles. The average molecular weight is 392 g/mol. The summed E-state index contributed by atoms with van der Waals surface area (Å²) in [7, 11) is 1.30. The monoisotopic (exact) mass is 391 g/mol. The van der Waals surface area contributed by atoms with Crippen LogP contribution in [-0.4, -0.2) is 40.1 Å². The van der Waals surface area contributed by atoms with Crippen molar-refractivity contribution in [3.05, 3.63) is 46.7 Å². The van der Waals surface area contributed by atoms with E-state index in [4.69, 9.17) is 16.3 Å². The van der Waals surface area contributed by atoms with Crippen LogP contribution in [0.4, 0.5) is 0 Å². The molecular weight excluding hydrogens is 370 g/mol. The zero-order valence-corrected chi connectivity index (χ0v) is 15.9. The molecule has 0 radical (unpaired) electrons. The van der Waals surface area contributed by atoms with E-state index >= 15 is 0 Å². The number of methoxy groups -OCH3 is 1. The van der Waals surface area contributed by atoms with Gasteiger partial charge in [-0.3, -0.25) is 4.79 Å². The van der Waals surface area contributed by atoms with Gasteiger partial charge in [0, 0.05) is 11.4 Å². The Kier molecular flexibility index (Phi) is 6.45. The summed E-state index contributed by atoms with van der Waals surface area (Å²) in [6, 6.07) is 7.31. The quantitative estimate of drug-likeness (QED) is 0.702. The summed E-state index contributed by atoms with van der Waals surface area (Å²) < 4.78 is 12.0. The molecule has 1 fully saturated rings. The SMILES string of the molecule is COC(=O)c1cn(C2CCCCC2OC(=O)CCc2ccc(Cl)cc2)nn1. The summed E-state index contributed by atoms with van der Waals surface area (Å²) in [5, 5.41) is 8.55. The number of halogens is 1. The summed E-state index contributed by atoms with van der Waals surface area (Å²) >= 11 is 5.87. The van der Waals surface area contributed by atoms with Gasteiger partial charge in [-0.2, -0.15) is 0 Å². The van der Waals surface area contributed by atoms with Gasteiger partial charge in [-0.25, -0.2) is 9.48 Å². The van der Waals surface area contributed by atoms with Crippen LogP contribution in [0, 0.1) is 0 Å². The van der Waals surface area contributed by atoms with Crippen molar-refractivity contribution in [2.24, 2.45) is 0 Å². The van der Waals surface area contributed by atoms with Crippen molar-refractivity contribution in [1.82, 2.24) is 15.0 Å². The van der Waals surface area contributed by atoms with Crippen LogP contribution < -0.4 is 0 Å². The number of hydrogen-bond donors (Lipinski definition) is 0. The average Bonchev–Trinajstić information content (AvgIpc) is 3.17. The lowest BCUT2D eigenvalue weighted by atomic mass is 9.92. The molecule has 3 rings (SSSR count). The first-order chi connectivity index (χ1) is 13.1. The molecule has 0 N–H and O–H groups in total. The summed E-state index contributed by atoms with van der Waals surface area (Å²) in [4.78, 5) is 23.9. The molecule has 1 aliphatic rings. The zero-order valence-electron chi connectivity index (χ0n) is 15.1. The molecule has 0 saturated heterocycles. The summed E-state index contributed by atoms with van der Waals surface area (Å²) in [6.07, 6.45) is 5.77. The number of ether oxygens (including phenoxy) is 2. The fourth-order valence-corrected chi connectivity index (χ4v) is 3.41. The second-order valence-corrected chi connectivity index (χ2v) is 7.02. The topological polar surface area (TPSA) is 83.3 Å². The van der Waals surface area contributed by atoms with Crippen molar-refractivity contribution >= 4 is 23.5 Å². The maximum atomic E-state index is 12.3. The lowest BCUT2D eigenvalue weighted by molar-refractivity contribution is -0.153. The highest BCUT2D eigenvalue weighted by atomic mass is 35.5. The van der Waals surface area contributed by atoms with Crippen LogP contribution in [0.3, 0.4) is 0 Å². The Morgan fingerprint density at radius 3 is 2.70 bits per heavy atom. The molecule has 1 aromatic heterocycles. The first-order valence-electron chi connectivity index (χ1n) is 9.01. The molecule has 2 unspecified atom stereocenters. The van der Waals surface area contributed by atoms with Crippen LogP contribution in [0.15, 0.2) is 30.5 Å². The van der Waals surface area contributed by atoms with Crippen molar-refractivity contribution in [2.45, 2.75) is 50.7 Å². The molecule has 1 saturated carbocycles. The van der Waals surface area contributed by atoms with E-state index in [1.54, 1.807) is 10.9 Å². The van der Waals surface area contributed by atoms with E-state index in [0.29, 0.717) is 17.9 Å². The molecular formula is C19H22ClN3O4. The van der Waals surface area contributed by atoms with E-state index in [9.17, 15) is 9.59 Å². The Labute approximate surface area is 162 Å². The molecule has 7 nitrogen and oxygen atoms in total. The Morgan fingerprint density at radius 1 is 1.22 bits per heavy atom. The van der Waals surface area contributed by atoms with Gasteiger partial charge in [0.05, 0.1) is 19.3 Å². The van der Waals surface area contributed by atoms with Gasteiger partial charge in [-0.15, -0.1) is 5.10 Å². The van der Waals surface area contributed by atoms with Gasteiger partial charge < -0.3 is 9.47 Å². The van der Waals surface area contributed by atoms with Crippen LogP contribution in [-0.2, 0) is 20.7 Å². The second kappa shape index (κ2) is 8.99. The second-order valence-electron chi connectivity index (χ2n) is 6.58. The molecule has 2 atom stereocenters. The van der Waals surface area contributed by atoms with Crippen LogP contribution in [0.1, 0.15) is 54.2 Å². The fraction of sp³-hybridized carbons (Fsp3) is 0.474. The Balaban J connectivity index is 1.59. The Morgan fingerprint density at radius 2 is 1.96 bits per heavy atom. The number of nitrogens with zero attached hydrogens (tertiary/aromatic N) is 3. The van der Waals surface area contributed by atoms with E-state index < -0.39 is 5.97 Å². The van der Waals surface area contributed by atoms with Crippen LogP contribution in [0.2, 0.25) is 5.02 Å². The summed E-state index contributed by atoms with van der Waals surface area (Å²) in [5.74, 6) is -0.774. The minimum Gasteiger partial charge on any atom is -0.464 e. The van der Waals surface area contributed by atoms with E-state index in [-0.39, 0.29) is 23.8 Å². The van der Waals surface area contributed by atoms with Gasteiger partial charge >= 0.3 is 11.9 Å². The van der Waals surface area contributed by atoms with Gasteiger partial charge in [0.2, 0.25) is 0 Å². The first kappa shape index (κ1) is 19.4. The normalized spacial score (nSPS) is 19.5. The van der Waals surface area contributed by atoms with E-state index in [0.717, 1.165) is 31.2 Å². The number of esters is 2. The Bertz CT molecular complexity index is 791. The minimum atomic E-state index is -0.534. The maximum Gasteiger partial charge on any atom is 0.360 e. The zero-order chi connectivity index (χ0) is 19.2. The third-order valence-corrected chi connectivity index (χ3v) is 4.98. The number of hydrogen-bond acceptors (Lipinski definition) is 6. The lowest BCUT2D eigenvalue weighted by Gasteiger charge is -2.30. The molecule has 8 heteroatoms. The number of carbonyl (C=O) groups excluding carboxylic acids is 2. The number of benzene rings is 1. The van der Waals surface area contributed by atoms with Gasteiger partial charge in [-0.05, 0) is 43.4 Å². The highest BCUT2D eigenvalue weighted by Gasteiger charge is 2.31. The highest BCUT2D eigenvalue weighted by Crippen LogP contribution is 2.31. The van der Waals surface area contributed by atoms with Gasteiger partial charge in [-0.1, -0.05) is 35.4 Å². The van der Waals surface area contributed by atoms with E-state index in [2.05, 4.69) is 15.0 Å². The molecule has 27 heavy (non-hydrogen) atoms. The molecule has 1 aliphatic carbocycles. The standard InChI is InChI=1S/C19H22ClN3O4/c1-26-19(25)15-12-23(22-21-15)16-4-2-3-5-17(16)27-18(24)11-8-13-6-9-14(20)10-7-13/h6-7,9-10,12,16-17H,2-5,8,11H2,1H3. The van der Waals surface area contributed by atoms with Crippen molar-refractivity contribution in [2.75, 3.05) is 7.11 Å². The Hall–Kier alpha value is -2.41. The first-order valence-corrected chi connectivity index (χ1v) is 9.38. The summed E-state index contributed by atoms with van der Waals surface area (Å²) in [6.45, 7) is 0. The molecule has 1 aromatic carbocycles. The number of rotatable bonds is 6. The van der Waals surface area contributed by atoms with Crippen molar-refractivity contribution in [3.63, 3.8) is 0 Å². The van der Waals surface area contributed by atoms with Crippen LogP contribution in [0.5, 0.6) is 0 Å². The third-order valence-electron chi connectivity index (χ3n) is 4.73. The summed E-state index contributed by atoms with van der Waals surface area (Å²) in [5.41, 5.74) is 1.19. The molecule has 0 amide bonds. The molecule has 0 spiro atoms. The third kappa shape index (κ3) is 5.07. The van der Waals surface area contributed by atoms with Gasteiger partial charge in [0.15, 0.2) is 5.69 Å². The number of aryl methyl sites for hydroxylation is 1. The van der Waals surface area contributed by atoms with E-state index in [1.165, 1.54) is 7.11 Å². The van der Waals surface area contributed by atoms with Gasteiger partial charge in [0.25, 0.3) is 0 Å². The molecule has 0 bridgehead atoms. The van der Waals surface area contributed by atoms with Crippen molar-refractivity contribution in [1.29, 1.82) is 0 Å². The van der Waals surface area contributed by atoms with Gasteiger partial charge in [0.1, 0.15) is 6.10 Å². The van der Waals surface area contributed by atoms with Crippen molar-refractivity contribution < 1.29 is 19.1 Å². The van der Waals surface area contributed by atoms with Crippen LogP contribution >= 0.6 is 11.6 Å². The smallest absolute Gasteiger partial charge is 0.360 e. The number of aromatic nitrogens is 3. The van der Waals surface area contributed by atoms with Crippen LogP contribution in [0.25, 0.3) is 0 Å². The largest absolute Gasteiger partial charge is 0.464 e.